The molecule has 0 aromatic carbocycles. The maximum Gasteiger partial charge on any atom is 0.106 e. The SMILES string of the molecule is CC1CC(C)CC(CN2C(N)SC3CCCCC32)C1. The predicted molar refractivity (Wildman–Crippen MR) is 84.0 cm³/mol. The quantitative estimate of drug-likeness (QED) is 0.838. The minimum Gasteiger partial charge on any atom is -0.307 e. The van der Waals surface area contributed by atoms with Gasteiger partial charge in [-0.2, -0.15) is 0 Å². The molecule has 0 aromatic rings. The highest BCUT2D eigenvalue weighted by Crippen LogP contribution is 2.43. The van der Waals surface area contributed by atoms with Crippen LogP contribution in [0.4, 0.5) is 0 Å². The van der Waals surface area contributed by atoms with Gasteiger partial charge < -0.3 is 5.73 Å². The summed E-state index contributed by atoms with van der Waals surface area (Å²) in [6, 6.07) is 0.793. The summed E-state index contributed by atoms with van der Waals surface area (Å²) < 4.78 is 0. The summed E-state index contributed by atoms with van der Waals surface area (Å²) in [5, 5.41) is 0.835. The Bertz CT molecular complexity index is 299. The number of fused-ring (bicyclic) bond motifs is 1. The molecule has 2 saturated carbocycles. The molecule has 2 aliphatic carbocycles. The fourth-order valence-corrected chi connectivity index (χ4v) is 6.39. The van der Waals surface area contributed by atoms with Crippen molar-refractivity contribution in [1.29, 1.82) is 0 Å². The largest absolute Gasteiger partial charge is 0.307 e. The van der Waals surface area contributed by atoms with Crippen LogP contribution >= 0.6 is 11.8 Å². The van der Waals surface area contributed by atoms with Crippen molar-refractivity contribution in [3.63, 3.8) is 0 Å². The van der Waals surface area contributed by atoms with Crippen molar-refractivity contribution < 1.29 is 0 Å². The molecule has 2 N–H and O–H groups in total. The van der Waals surface area contributed by atoms with Gasteiger partial charge in [-0.15, -0.1) is 11.8 Å². The third kappa shape index (κ3) is 3.14. The Morgan fingerprint density at radius 2 is 1.74 bits per heavy atom. The molecule has 3 fully saturated rings. The molecule has 0 spiro atoms. The minimum absolute atomic E-state index is 0.278. The molecule has 2 nitrogen and oxygen atoms in total. The molecule has 1 heterocycles. The van der Waals surface area contributed by atoms with E-state index in [0.717, 1.165) is 29.0 Å². The molecule has 5 atom stereocenters. The zero-order chi connectivity index (χ0) is 13.4. The molecule has 0 radical (unpaired) electrons. The van der Waals surface area contributed by atoms with Crippen molar-refractivity contribution >= 4 is 11.8 Å². The molecule has 0 aromatic heterocycles. The third-order valence-electron chi connectivity index (χ3n) is 5.48. The van der Waals surface area contributed by atoms with Crippen molar-refractivity contribution in [2.45, 2.75) is 75.6 Å². The van der Waals surface area contributed by atoms with Crippen molar-refractivity contribution in [2.24, 2.45) is 23.5 Å². The average molecular weight is 282 g/mol. The lowest BCUT2D eigenvalue weighted by atomic mass is 9.76. The van der Waals surface area contributed by atoms with Gasteiger partial charge in [-0.1, -0.05) is 26.7 Å². The molecule has 1 saturated heterocycles. The summed E-state index contributed by atoms with van der Waals surface area (Å²) in [6.07, 6.45) is 9.92. The van der Waals surface area contributed by atoms with E-state index in [-0.39, 0.29) is 5.50 Å². The van der Waals surface area contributed by atoms with Gasteiger partial charge >= 0.3 is 0 Å². The number of hydrogen-bond donors (Lipinski definition) is 1. The van der Waals surface area contributed by atoms with E-state index in [1.807, 2.05) is 0 Å². The van der Waals surface area contributed by atoms with Gasteiger partial charge in [-0.3, -0.25) is 4.90 Å². The topological polar surface area (TPSA) is 29.3 Å². The molecule has 0 bridgehead atoms. The lowest BCUT2D eigenvalue weighted by Crippen LogP contribution is -2.46. The summed E-state index contributed by atoms with van der Waals surface area (Å²) in [7, 11) is 0. The molecule has 3 heteroatoms. The van der Waals surface area contributed by atoms with Crippen LogP contribution in [0, 0.1) is 17.8 Å². The van der Waals surface area contributed by atoms with E-state index < -0.39 is 0 Å². The fourth-order valence-electron chi connectivity index (χ4n) is 4.86. The second-order valence-electron chi connectivity index (χ2n) is 7.40. The molecule has 0 amide bonds. The molecule has 3 rings (SSSR count). The van der Waals surface area contributed by atoms with Gasteiger partial charge in [0, 0.05) is 17.8 Å². The fraction of sp³-hybridized carbons (Fsp3) is 1.00. The van der Waals surface area contributed by atoms with E-state index in [2.05, 4.69) is 30.5 Å². The van der Waals surface area contributed by atoms with Crippen molar-refractivity contribution in [2.75, 3.05) is 6.54 Å². The van der Waals surface area contributed by atoms with Gasteiger partial charge in [0.05, 0.1) is 0 Å². The lowest BCUT2D eigenvalue weighted by molar-refractivity contribution is 0.108. The van der Waals surface area contributed by atoms with Crippen LogP contribution in [0.5, 0.6) is 0 Å². The number of nitrogens with two attached hydrogens (primary N) is 1. The predicted octanol–water partition coefficient (Wildman–Crippen LogP) is 3.66. The Hall–Kier alpha value is 0.270. The Morgan fingerprint density at radius 3 is 2.47 bits per heavy atom. The Labute approximate surface area is 122 Å². The van der Waals surface area contributed by atoms with Crippen molar-refractivity contribution in [3.05, 3.63) is 0 Å². The van der Waals surface area contributed by atoms with Gasteiger partial charge in [0.15, 0.2) is 0 Å². The van der Waals surface area contributed by atoms with Crippen LogP contribution in [0.2, 0.25) is 0 Å². The Balaban J connectivity index is 1.61. The first-order valence-electron chi connectivity index (χ1n) is 8.30. The van der Waals surface area contributed by atoms with Gasteiger partial charge in [-0.25, -0.2) is 0 Å². The summed E-state index contributed by atoms with van der Waals surface area (Å²) in [5.41, 5.74) is 6.69. The highest BCUT2D eigenvalue weighted by Gasteiger charge is 2.42. The van der Waals surface area contributed by atoms with Crippen LogP contribution in [0.1, 0.15) is 58.8 Å². The molecule has 110 valence electrons. The van der Waals surface area contributed by atoms with E-state index in [1.54, 1.807) is 0 Å². The normalized spacial score (nSPS) is 48.2. The zero-order valence-corrected chi connectivity index (χ0v) is 13.4. The molecular weight excluding hydrogens is 252 g/mol. The van der Waals surface area contributed by atoms with E-state index in [0.29, 0.717) is 0 Å². The molecule has 19 heavy (non-hydrogen) atoms. The van der Waals surface area contributed by atoms with Crippen molar-refractivity contribution in [3.8, 4) is 0 Å². The number of thioether (sulfide) groups is 1. The van der Waals surface area contributed by atoms with E-state index >= 15 is 0 Å². The van der Waals surface area contributed by atoms with Crippen LogP contribution in [0.25, 0.3) is 0 Å². The van der Waals surface area contributed by atoms with Crippen LogP contribution in [0.3, 0.4) is 0 Å². The van der Waals surface area contributed by atoms with E-state index in [1.165, 1.54) is 51.5 Å². The molecule has 1 aliphatic heterocycles. The summed E-state index contributed by atoms with van der Waals surface area (Å²) in [4.78, 5) is 2.67. The summed E-state index contributed by atoms with van der Waals surface area (Å²) in [6.45, 7) is 6.14. The smallest absolute Gasteiger partial charge is 0.106 e. The summed E-state index contributed by atoms with van der Waals surface area (Å²) in [5.74, 6) is 2.73. The lowest BCUT2D eigenvalue weighted by Gasteiger charge is -2.38. The van der Waals surface area contributed by atoms with E-state index in [9.17, 15) is 0 Å². The first-order valence-corrected chi connectivity index (χ1v) is 9.24. The van der Waals surface area contributed by atoms with Crippen molar-refractivity contribution in [1.82, 2.24) is 4.90 Å². The minimum atomic E-state index is 0.278. The van der Waals surface area contributed by atoms with Gasteiger partial charge in [0.2, 0.25) is 0 Å². The average Bonchev–Trinajstić information content (AvgIpc) is 2.65. The van der Waals surface area contributed by atoms with Crippen LogP contribution in [0.15, 0.2) is 0 Å². The zero-order valence-electron chi connectivity index (χ0n) is 12.6. The second-order valence-corrected chi connectivity index (χ2v) is 8.76. The van der Waals surface area contributed by atoms with Gasteiger partial charge in [-0.05, 0) is 49.9 Å². The highest BCUT2D eigenvalue weighted by atomic mass is 32.2. The molecule has 3 aliphatic rings. The second kappa shape index (κ2) is 5.95. The number of rotatable bonds is 2. The maximum absolute atomic E-state index is 6.41. The first kappa shape index (κ1) is 14.2. The van der Waals surface area contributed by atoms with Gasteiger partial charge in [0.1, 0.15) is 5.50 Å². The number of nitrogens with zero attached hydrogens (tertiary/aromatic N) is 1. The Morgan fingerprint density at radius 1 is 1.05 bits per heavy atom. The molecular formula is C16H30N2S. The maximum atomic E-state index is 6.41. The highest BCUT2D eigenvalue weighted by molar-refractivity contribution is 8.00. The first-order chi connectivity index (χ1) is 9.13. The molecule has 5 unspecified atom stereocenters. The monoisotopic (exact) mass is 282 g/mol. The number of hydrogen-bond acceptors (Lipinski definition) is 3. The van der Waals surface area contributed by atoms with E-state index in [4.69, 9.17) is 5.73 Å². The van der Waals surface area contributed by atoms with Crippen LogP contribution < -0.4 is 5.73 Å². The Kier molecular flexibility index (Phi) is 4.45. The summed E-state index contributed by atoms with van der Waals surface area (Å²) >= 11 is 2.05. The standard InChI is InChI=1S/C16H30N2S/c1-11-7-12(2)9-13(8-11)10-18-14-5-3-4-6-15(14)19-16(18)17/h11-16H,3-10,17H2,1-2H3. The van der Waals surface area contributed by atoms with Gasteiger partial charge in [0.25, 0.3) is 0 Å². The van der Waals surface area contributed by atoms with Crippen LogP contribution in [-0.2, 0) is 0 Å². The third-order valence-corrected chi connectivity index (χ3v) is 6.93. The van der Waals surface area contributed by atoms with Crippen LogP contribution in [-0.4, -0.2) is 28.2 Å².